The normalized spacial score (nSPS) is 18.6. The van der Waals surface area contributed by atoms with E-state index >= 15 is 0 Å². The number of carbonyl (C=O) groups is 1. The van der Waals surface area contributed by atoms with E-state index in [0.29, 0.717) is 23.2 Å². The minimum absolute atomic E-state index is 0.0626. The van der Waals surface area contributed by atoms with E-state index in [0.717, 1.165) is 28.9 Å². The third-order valence-corrected chi connectivity index (χ3v) is 6.67. The van der Waals surface area contributed by atoms with Crippen LogP contribution in [0.2, 0.25) is 5.02 Å². The number of fused-ring (bicyclic) bond motifs is 3. The van der Waals surface area contributed by atoms with Crippen LogP contribution in [0, 0.1) is 0 Å². The highest BCUT2D eigenvalue weighted by Gasteiger charge is 2.37. The smallest absolute Gasteiger partial charge is 0.275 e. The molecule has 1 fully saturated rings. The Labute approximate surface area is 179 Å². The van der Waals surface area contributed by atoms with Crippen LogP contribution in [0.4, 0.5) is 0 Å². The fourth-order valence-electron chi connectivity index (χ4n) is 4.68. The Kier molecular flexibility index (Phi) is 4.00. The quantitative estimate of drug-likeness (QED) is 0.481. The Morgan fingerprint density at radius 2 is 1.90 bits per heavy atom. The van der Waals surface area contributed by atoms with E-state index in [-0.39, 0.29) is 11.9 Å². The average molecular weight is 417 g/mol. The summed E-state index contributed by atoms with van der Waals surface area (Å²) in [4.78, 5) is 19.1. The number of rotatable bonds is 3. The van der Waals surface area contributed by atoms with E-state index in [9.17, 15) is 4.79 Å². The maximum absolute atomic E-state index is 13.6. The van der Waals surface area contributed by atoms with Crippen LogP contribution in [-0.2, 0) is 6.42 Å². The van der Waals surface area contributed by atoms with Crippen molar-refractivity contribution in [3.63, 3.8) is 0 Å². The van der Waals surface area contributed by atoms with Gasteiger partial charge in [-0.05, 0) is 48.6 Å². The van der Waals surface area contributed by atoms with Crippen LogP contribution in [0.15, 0.2) is 54.6 Å². The number of hydrogen-bond acceptors (Lipinski definition) is 2. The van der Waals surface area contributed by atoms with Crippen molar-refractivity contribution in [3.8, 4) is 0 Å². The molecule has 0 saturated heterocycles. The molecule has 1 aliphatic carbocycles. The monoisotopic (exact) mass is 416 g/mol. The van der Waals surface area contributed by atoms with Gasteiger partial charge in [-0.2, -0.15) is 5.10 Å². The van der Waals surface area contributed by atoms with Crippen LogP contribution in [0.5, 0.6) is 0 Å². The number of aromatic amines is 2. The Morgan fingerprint density at radius 3 is 2.73 bits per heavy atom. The second-order valence-electron chi connectivity index (χ2n) is 8.22. The van der Waals surface area contributed by atoms with Gasteiger partial charge in [-0.3, -0.25) is 9.89 Å². The fourth-order valence-corrected chi connectivity index (χ4v) is 4.92. The molecule has 1 amide bonds. The van der Waals surface area contributed by atoms with Gasteiger partial charge in [-0.1, -0.05) is 48.0 Å². The first kappa shape index (κ1) is 17.8. The molecule has 30 heavy (non-hydrogen) atoms. The number of nitrogens with one attached hydrogen (secondary N) is 2. The lowest BCUT2D eigenvalue weighted by Crippen LogP contribution is -2.41. The third kappa shape index (κ3) is 2.76. The molecule has 6 rings (SSSR count). The summed E-state index contributed by atoms with van der Waals surface area (Å²) < 4.78 is 0. The number of H-pyrrole nitrogens is 2. The first-order chi connectivity index (χ1) is 14.7. The first-order valence-electron chi connectivity index (χ1n) is 10.4. The predicted octanol–water partition coefficient (Wildman–Crippen LogP) is 5.21. The van der Waals surface area contributed by atoms with Gasteiger partial charge in [0.25, 0.3) is 5.91 Å². The molecular formula is C24H21ClN4O. The first-order valence-corrected chi connectivity index (χ1v) is 10.8. The Bertz CT molecular complexity index is 1270. The molecule has 150 valence electrons. The third-order valence-electron chi connectivity index (χ3n) is 6.33. The van der Waals surface area contributed by atoms with E-state index in [1.54, 1.807) is 0 Å². The molecule has 1 aliphatic heterocycles. The maximum atomic E-state index is 13.6. The van der Waals surface area contributed by atoms with Crippen molar-refractivity contribution in [2.45, 2.75) is 31.2 Å². The molecule has 2 aromatic carbocycles. The molecule has 1 saturated carbocycles. The molecule has 5 nitrogen and oxygen atoms in total. The van der Waals surface area contributed by atoms with Crippen molar-refractivity contribution in [2.24, 2.45) is 0 Å². The lowest BCUT2D eigenvalue weighted by atomic mass is 9.92. The molecule has 1 atom stereocenters. The second kappa shape index (κ2) is 6.74. The van der Waals surface area contributed by atoms with Crippen molar-refractivity contribution < 1.29 is 4.79 Å². The van der Waals surface area contributed by atoms with Crippen LogP contribution in [-0.4, -0.2) is 32.5 Å². The summed E-state index contributed by atoms with van der Waals surface area (Å²) in [5.41, 5.74) is 5.87. The minimum Gasteiger partial charge on any atom is -0.356 e. The average Bonchev–Trinajstić information content (AvgIpc) is 3.38. The number of para-hydroxylation sites is 1. The van der Waals surface area contributed by atoms with Gasteiger partial charge in [-0.15, -0.1) is 0 Å². The topological polar surface area (TPSA) is 64.8 Å². The molecule has 0 unspecified atom stereocenters. The van der Waals surface area contributed by atoms with E-state index in [1.807, 2.05) is 41.3 Å². The zero-order valence-corrected chi connectivity index (χ0v) is 17.1. The Hall–Kier alpha value is -3.05. The number of hydrogen-bond donors (Lipinski definition) is 2. The van der Waals surface area contributed by atoms with Gasteiger partial charge in [0.2, 0.25) is 0 Å². The van der Waals surface area contributed by atoms with Gasteiger partial charge in [-0.25, -0.2) is 0 Å². The van der Waals surface area contributed by atoms with Crippen molar-refractivity contribution in [2.75, 3.05) is 6.54 Å². The standard InChI is InChI=1S/C24H21ClN4O/c25-18-7-3-1-6-17(18)23-22-16(15-5-2-4-8-19(15)26-22)11-12-29(23)24(30)21-13-20(27-28-21)14-9-10-14/h1-8,13-14,23,26H,9-12H2,(H,27,28)/t23-/m1/s1. The van der Waals surface area contributed by atoms with Crippen LogP contribution in [0.1, 0.15) is 57.8 Å². The van der Waals surface area contributed by atoms with Gasteiger partial charge >= 0.3 is 0 Å². The summed E-state index contributed by atoms with van der Waals surface area (Å²) in [7, 11) is 0. The van der Waals surface area contributed by atoms with Gasteiger partial charge in [0.05, 0.1) is 6.04 Å². The van der Waals surface area contributed by atoms with Crippen molar-refractivity contribution in [1.82, 2.24) is 20.1 Å². The lowest BCUT2D eigenvalue weighted by molar-refractivity contribution is 0.0686. The molecule has 3 heterocycles. The summed E-state index contributed by atoms with van der Waals surface area (Å²) in [6.45, 7) is 0.620. The highest BCUT2D eigenvalue weighted by molar-refractivity contribution is 6.31. The second-order valence-corrected chi connectivity index (χ2v) is 8.63. The van der Waals surface area contributed by atoms with Crippen LogP contribution in [0.3, 0.4) is 0 Å². The molecule has 0 spiro atoms. The summed E-state index contributed by atoms with van der Waals surface area (Å²) in [6.07, 6.45) is 3.13. The summed E-state index contributed by atoms with van der Waals surface area (Å²) in [6, 6.07) is 17.7. The molecule has 2 aliphatic rings. The van der Waals surface area contributed by atoms with E-state index in [4.69, 9.17) is 11.6 Å². The Morgan fingerprint density at radius 1 is 1.10 bits per heavy atom. The zero-order chi connectivity index (χ0) is 20.2. The fraction of sp³-hybridized carbons (Fsp3) is 0.250. The van der Waals surface area contributed by atoms with Crippen LogP contribution >= 0.6 is 11.6 Å². The van der Waals surface area contributed by atoms with Gasteiger partial charge < -0.3 is 9.88 Å². The molecule has 0 radical (unpaired) electrons. The number of nitrogens with zero attached hydrogens (tertiary/aromatic N) is 2. The lowest BCUT2D eigenvalue weighted by Gasteiger charge is -2.36. The summed E-state index contributed by atoms with van der Waals surface area (Å²) in [5, 5.41) is 9.28. The molecule has 2 aromatic heterocycles. The van der Waals surface area contributed by atoms with E-state index in [2.05, 4.69) is 33.4 Å². The van der Waals surface area contributed by atoms with Crippen molar-refractivity contribution in [1.29, 1.82) is 0 Å². The molecule has 0 bridgehead atoms. The van der Waals surface area contributed by atoms with Gasteiger partial charge in [0, 0.05) is 39.8 Å². The molecule has 2 N–H and O–H groups in total. The number of amides is 1. The number of benzene rings is 2. The van der Waals surface area contributed by atoms with Crippen molar-refractivity contribution in [3.05, 3.63) is 87.8 Å². The largest absolute Gasteiger partial charge is 0.356 e. The maximum Gasteiger partial charge on any atom is 0.275 e. The van der Waals surface area contributed by atoms with Crippen LogP contribution in [0.25, 0.3) is 10.9 Å². The predicted molar refractivity (Wildman–Crippen MR) is 117 cm³/mol. The number of halogens is 1. The molecule has 6 heteroatoms. The molecule has 4 aromatic rings. The highest BCUT2D eigenvalue weighted by atomic mass is 35.5. The SMILES string of the molecule is O=C(c1cc(C2CC2)[nH]n1)N1CCc2c([nH]c3ccccc23)[C@H]1c1ccccc1Cl. The summed E-state index contributed by atoms with van der Waals surface area (Å²) >= 11 is 6.62. The zero-order valence-electron chi connectivity index (χ0n) is 16.4. The molecular weight excluding hydrogens is 396 g/mol. The Balaban J connectivity index is 1.48. The number of aromatic nitrogens is 3. The highest BCUT2D eigenvalue weighted by Crippen LogP contribution is 2.42. The van der Waals surface area contributed by atoms with Crippen LogP contribution < -0.4 is 0 Å². The minimum atomic E-state index is -0.275. The van der Waals surface area contributed by atoms with Gasteiger partial charge in [0.15, 0.2) is 0 Å². The van der Waals surface area contributed by atoms with E-state index in [1.165, 1.54) is 23.8 Å². The van der Waals surface area contributed by atoms with Crippen molar-refractivity contribution >= 4 is 28.4 Å². The number of carbonyl (C=O) groups excluding carboxylic acids is 1. The van der Waals surface area contributed by atoms with Gasteiger partial charge in [0.1, 0.15) is 5.69 Å². The van der Waals surface area contributed by atoms with E-state index < -0.39 is 0 Å². The summed E-state index contributed by atoms with van der Waals surface area (Å²) in [5.74, 6) is 0.465.